The Morgan fingerprint density at radius 3 is 2.63 bits per heavy atom. The molecule has 30 heavy (non-hydrogen) atoms. The molecule has 0 aliphatic carbocycles. The molecule has 1 aromatic heterocycles. The van der Waals surface area contributed by atoms with Crippen molar-refractivity contribution < 1.29 is 9.53 Å². The van der Waals surface area contributed by atoms with Crippen molar-refractivity contribution in [2.24, 2.45) is 0 Å². The molecule has 3 aromatic carbocycles. The largest absolute Gasteiger partial charge is 0.497 e. The zero-order valence-corrected chi connectivity index (χ0v) is 17.4. The fourth-order valence-electron chi connectivity index (χ4n) is 3.43. The molecule has 0 radical (unpaired) electrons. The number of nitrogens with zero attached hydrogens (tertiary/aromatic N) is 2. The lowest BCUT2D eigenvalue weighted by Gasteiger charge is -2.11. The van der Waals surface area contributed by atoms with Gasteiger partial charge in [0.05, 0.1) is 18.1 Å². The molecule has 152 valence electrons. The number of carbonyl (C=O) groups is 1. The van der Waals surface area contributed by atoms with E-state index in [0.29, 0.717) is 30.1 Å². The Labute approximate surface area is 180 Å². The van der Waals surface area contributed by atoms with E-state index in [2.05, 4.69) is 28.1 Å². The van der Waals surface area contributed by atoms with Crippen molar-refractivity contribution in [2.45, 2.75) is 13.0 Å². The number of nitrogens with one attached hydrogen (secondary N) is 1. The van der Waals surface area contributed by atoms with Gasteiger partial charge in [-0.15, -0.1) is 0 Å². The van der Waals surface area contributed by atoms with Crippen molar-refractivity contribution >= 4 is 28.5 Å². The van der Waals surface area contributed by atoms with E-state index in [1.54, 1.807) is 31.4 Å². The standard InChI is InChI=1S/C24H22ClN3O2/c1-30-20-11-9-17(10-12-20)16-28-22-8-3-2-7-21(22)27-23(28)13-14-26-24(29)18-5-4-6-19(25)15-18/h2-12,15H,13-14,16H2,1H3,(H,26,29). The number of aromatic nitrogens is 2. The van der Waals surface area contributed by atoms with E-state index >= 15 is 0 Å². The Kier molecular flexibility index (Phi) is 6.00. The Morgan fingerprint density at radius 2 is 1.87 bits per heavy atom. The van der Waals surface area contributed by atoms with Gasteiger partial charge in [-0.2, -0.15) is 0 Å². The lowest BCUT2D eigenvalue weighted by Crippen LogP contribution is -2.26. The van der Waals surface area contributed by atoms with Crippen molar-refractivity contribution in [1.82, 2.24) is 14.9 Å². The summed E-state index contributed by atoms with van der Waals surface area (Å²) in [4.78, 5) is 17.2. The summed E-state index contributed by atoms with van der Waals surface area (Å²) in [6.07, 6.45) is 0.622. The van der Waals surface area contributed by atoms with Gasteiger partial charge < -0.3 is 14.6 Å². The van der Waals surface area contributed by atoms with E-state index in [0.717, 1.165) is 28.2 Å². The van der Waals surface area contributed by atoms with Gasteiger partial charge in [0.25, 0.3) is 5.91 Å². The van der Waals surface area contributed by atoms with Gasteiger partial charge >= 0.3 is 0 Å². The molecule has 4 rings (SSSR count). The Hall–Kier alpha value is -3.31. The molecule has 5 nitrogen and oxygen atoms in total. The van der Waals surface area contributed by atoms with Crippen LogP contribution in [0.25, 0.3) is 11.0 Å². The van der Waals surface area contributed by atoms with E-state index in [4.69, 9.17) is 21.3 Å². The van der Waals surface area contributed by atoms with E-state index < -0.39 is 0 Å². The molecule has 6 heteroatoms. The summed E-state index contributed by atoms with van der Waals surface area (Å²) in [7, 11) is 1.66. The first kappa shape index (κ1) is 20.0. The second kappa shape index (κ2) is 9.01. The van der Waals surface area contributed by atoms with Gasteiger partial charge in [0.15, 0.2) is 0 Å². The van der Waals surface area contributed by atoms with Crippen molar-refractivity contribution in [3.8, 4) is 5.75 Å². The monoisotopic (exact) mass is 419 g/mol. The SMILES string of the molecule is COc1ccc(Cn2c(CCNC(=O)c3cccc(Cl)c3)nc3ccccc32)cc1. The molecule has 4 aromatic rings. The van der Waals surface area contributed by atoms with Crippen LogP contribution in [0.3, 0.4) is 0 Å². The minimum atomic E-state index is -0.143. The molecule has 0 unspecified atom stereocenters. The maximum Gasteiger partial charge on any atom is 0.251 e. The number of hydrogen-bond acceptors (Lipinski definition) is 3. The number of methoxy groups -OCH3 is 1. The third-order valence-corrected chi connectivity index (χ3v) is 5.19. The Balaban J connectivity index is 1.51. The number of benzene rings is 3. The maximum absolute atomic E-state index is 12.4. The van der Waals surface area contributed by atoms with Crippen LogP contribution >= 0.6 is 11.6 Å². The van der Waals surface area contributed by atoms with Crippen molar-refractivity contribution in [3.05, 3.63) is 94.8 Å². The van der Waals surface area contributed by atoms with Gasteiger partial charge in [-0.05, 0) is 48.0 Å². The number of imidazole rings is 1. The van der Waals surface area contributed by atoms with E-state index in [9.17, 15) is 4.79 Å². The zero-order chi connectivity index (χ0) is 20.9. The average molecular weight is 420 g/mol. The summed E-state index contributed by atoms with van der Waals surface area (Å²) in [5, 5.41) is 3.50. The second-order valence-electron chi connectivity index (χ2n) is 6.97. The summed E-state index contributed by atoms with van der Waals surface area (Å²) in [6, 6.07) is 23.0. The first-order valence-electron chi connectivity index (χ1n) is 9.75. The lowest BCUT2D eigenvalue weighted by atomic mass is 10.2. The number of para-hydroxylation sites is 2. The number of carbonyl (C=O) groups excluding carboxylic acids is 1. The zero-order valence-electron chi connectivity index (χ0n) is 16.6. The third-order valence-electron chi connectivity index (χ3n) is 4.95. The van der Waals surface area contributed by atoms with Crippen LogP contribution in [0.1, 0.15) is 21.7 Å². The molecule has 0 saturated heterocycles. The fraction of sp³-hybridized carbons (Fsp3) is 0.167. The van der Waals surface area contributed by atoms with Gasteiger partial charge in [0.1, 0.15) is 11.6 Å². The number of fused-ring (bicyclic) bond motifs is 1. The summed E-state index contributed by atoms with van der Waals surface area (Å²) in [5.74, 6) is 1.62. The number of halogens is 1. The average Bonchev–Trinajstić information content (AvgIpc) is 3.11. The van der Waals surface area contributed by atoms with Crippen LogP contribution in [0.5, 0.6) is 5.75 Å². The van der Waals surface area contributed by atoms with Gasteiger partial charge in [-0.1, -0.05) is 41.9 Å². The molecule has 0 aliphatic heterocycles. The van der Waals surface area contributed by atoms with Gasteiger partial charge in [-0.3, -0.25) is 4.79 Å². The highest BCUT2D eigenvalue weighted by atomic mass is 35.5. The van der Waals surface area contributed by atoms with Gasteiger partial charge in [0, 0.05) is 30.1 Å². The smallest absolute Gasteiger partial charge is 0.251 e. The number of hydrogen-bond donors (Lipinski definition) is 1. The molecular formula is C24H22ClN3O2. The Morgan fingerprint density at radius 1 is 1.07 bits per heavy atom. The summed E-state index contributed by atoms with van der Waals surface area (Å²) in [5.41, 5.74) is 3.73. The van der Waals surface area contributed by atoms with Crippen molar-refractivity contribution in [1.29, 1.82) is 0 Å². The molecule has 1 amide bonds. The highest BCUT2D eigenvalue weighted by molar-refractivity contribution is 6.30. The predicted molar refractivity (Wildman–Crippen MR) is 119 cm³/mol. The van der Waals surface area contributed by atoms with E-state index in [-0.39, 0.29) is 5.91 Å². The molecule has 0 aliphatic rings. The molecule has 1 N–H and O–H groups in total. The van der Waals surface area contributed by atoms with E-state index in [1.165, 1.54) is 0 Å². The third kappa shape index (κ3) is 4.47. The maximum atomic E-state index is 12.4. The quantitative estimate of drug-likeness (QED) is 0.471. The highest BCUT2D eigenvalue weighted by Crippen LogP contribution is 2.20. The normalized spacial score (nSPS) is 10.9. The number of ether oxygens (including phenoxy) is 1. The first-order valence-corrected chi connectivity index (χ1v) is 10.1. The molecule has 0 saturated carbocycles. The van der Waals surface area contributed by atoms with Crippen molar-refractivity contribution in [2.75, 3.05) is 13.7 Å². The summed E-state index contributed by atoms with van der Waals surface area (Å²) < 4.78 is 7.45. The first-order chi connectivity index (χ1) is 14.6. The molecular weight excluding hydrogens is 398 g/mol. The Bertz CT molecular complexity index is 1170. The summed E-state index contributed by atoms with van der Waals surface area (Å²) >= 11 is 5.98. The van der Waals surface area contributed by atoms with Crippen LogP contribution in [-0.4, -0.2) is 29.1 Å². The minimum absolute atomic E-state index is 0.143. The van der Waals surface area contributed by atoms with E-state index in [1.807, 2.05) is 30.3 Å². The van der Waals surface area contributed by atoms with Crippen molar-refractivity contribution in [3.63, 3.8) is 0 Å². The lowest BCUT2D eigenvalue weighted by molar-refractivity contribution is 0.0954. The number of amides is 1. The number of rotatable bonds is 7. The molecule has 0 atom stereocenters. The second-order valence-corrected chi connectivity index (χ2v) is 7.40. The van der Waals surface area contributed by atoms with Gasteiger partial charge in [0.2, 0.25) is 0 Å². The van der Waals surface area contributed by atoms with Crippen LogP contribution in [0.4, 0.5) is 0 Å². The molecule has 0 spiro atoms. The van der Waals surface area contributed by atoms with Crippen LogP contribution in [0, 0.1) is 0 Å². The van der Waals surface area contributed by atoms with Crippen LogP contribution in [0.15, 0.2) is 72.8 Å². The fourth-order valence-corrected chi connectivity index (χ4v) is 3.62. The highest BCUT2D eigenvalue weighted by Gasteiger charge is 2.12. The molecule has 0 bridgehead atoms. The molecule has 1 heterocycles. The minimum Gasteiger partial charge on any atom is -0.497 e. The van der Waals surface area contributed by atoms with Crippen LogP contribution < -0.4 is 10.1 Å². The van der Waals surface area contributed by atoms with Gasteiger partial charge in [-0.25, -0.2) is 4.98 Å². The van der Waals surface area contributed by atoms with Crippen LogP contribution in [-0.2, 0) is 13.0 Å². The van der Waals surface area contributed by atoms with Crippen LogP contribution in [0.2, 0.25) is 5.02 Å². The summed E-state index contributed by atoms with van der Waals surface area (Å²) in [6.45, 7) is 1.18. The molecule has 0 fully saturated rings. The predicted octanol–water partition coefficient (Wildman–Crippen LogP) is 4.72. The topological polar surface area (TPSA) is 56.1 Å².